The average Bonchev–Trinajstić information content (AvgIpc) is 3.05. The van der Waals surface area contributed by atoms with Gasteiger partial charge in [-0.2, -0.15) is 13.2 Å². The van der Waals surface area contributed by atoms with Gasteiger partial charge < -0.3 is 5.11 Å². The molecule has 0 bridgehead atoms. The van der Waals surface area contributed by atoms with E-state index >= 15 is 0 Å². The fourth-order valence-corrected chi connectivity index (χ4v) is 3.71. The highest BCUT2D eigenvalue weighted by Crippen LogP contribution is 2.33. The summed E-state index contributed by atoms with van der Waals surface area (Å²) in [4.78, 5) is 5.32. The third-order valence-corrected chi connectivity index (χ3v) is 5.23. The Morgan fingerprint density at radius 1 is 0.923 bits per heavy atom. The first kappa shape index (κ1) is 18.6. The third-order valence-electron chi connectivity index (χ3n) is 4.10. The van der Waals surface area contributed by atoms with Gasteiger partial charge in [0.1, 0.15) is 5.01 Å². The van der Waals surface area contributed by atoms with Crippen LogP contribution in [0.1, 0.15) is 28.1 Å². The zero-order valence-electron chi connectivity index (χ0n) is 14.0. The van der Waals surface area contributed by atoms with Crippen LogP contribution in [0.15, 0.2) is 54.6 Å². The highest BCUT2D eigenvalue weighted by molar-refractivity contribution is 7.15. The van der Waals surface area contributed by atoms with E-state index in [1.54, 1.807) is 0 Å². The minimum Gasteiger partial charge on any atom is -0.391 e. The van der Waals surface area contributed by atoms with Gasteiger partial charge in [-0.1, -0.05) is 42.5 Å². The molecule has 0 unspecified atom stereocenters. The molecule has 1 N–H and O–H groups in total. The van der Waals surface area contributed by atoms with E-state index in [-0.39, 0.29) is 6.61 Å². The van der Waals surface area contributed by atoms with Crippen molar-refractivity contribution in [1.82, 2.24) is 4.98 Å². The molecule has 0 saturated heterocycles. The van der Waals surface area contributed by atoms with Crippen molar-refractivity contribution >= 4 is 11.3 Å². The molecule has 1 heterocycles. The summed E-state index contributed by atoms with van der Waals surface area (Å²) in [6.07, 6.45) is -1.81. The molecule has 0 aliphatic rings. The van der Waals surface area contributed by atoms with Gasteiger partial charge in [0.05, 0.1) is 22.7 Å². The maximum atomic E-state index is 12.7. The molecule has 136 valence electrons. The Morgan fingerprint density at radius 3 is 2.23 bits per heavy atom. The number of halogens is 3. The number of aliphatic hydroxyl groups excluding tert-OH is 1. The summed E-state index contributed by atoms with van der Waals surface area (Å²) in [6, 6.07) is 15.1. The summed E-state index contributed by atoms with van der Waals surface area (Å²) in [7, 11) is 0. The number of alkyl halides is 3. The van der Waals surface area contributed by atoms with E-state index in [1.165, 1.54) is 29.0 Å². The second-order valence-electron chi connectivity index (χ2n) is 5.96. The molecule has 1 aromatic heterocycles. The van der Waals surface area contributed by atoms with Gasteiger partial charge in [-0.3, -0.25) is 0 Å². The van der Waals surface area contributed by atoms with Crippen molar-refractivity contribution in [3.8, 4) is 10.6 Å². The van der Waals surface area contributed by atoms with Crippen molar-refractivity contribution in [2.45, 2.75) is 32.0 Å². The van der Waals surface area contributed by atoms with Crippen molar-refractivity contribution in [1.29, 1.82) is 0 Å². The highest BCUT2D eigenvalue weighted by Gasteiger charge is 2.30. The lowest BCUT2D eigenvalue weighted by atomic mass is 10.1. The van der Waals surface area contributed by atoms with Gasteiger partial charge in [-0.15, -0.1) is 11.3 Å². The zero-order chi connectivity index (χ0) is 18.6. The number of rotatable bonds is 6. The summed E-state index contributed by atoms with van der Waals surface area (Å²) in [5.41, 5.74) is 2.02. The van der Waals surface area contributed by atoms with E-state index < -0.39 is 11.7 Å². The Bertz CT molecular complexity index is 842. The fourth-order valence-electron chi connectivity index (χ4n) is 2.73. The Hall–Kier alpha value is -2.18. The first-order valence-electron chi connectivity index (χ1n) is 8.28. The molecule has 2 nitrogen and oxygen atoms in total. The lowest BCUT2D eigenvalue weighted by molar-refractivity contribution is -0.137. The van der Waals surface area contributed by atoms with Crippen molar-refractivity contribution in [2.75, 3.05) is 0 Å². The van der Waals surface area contributed by atoms with Gasteiger partial charge >= 0.3 is 6.18 Å². The molecule has 3 rings (SSSR count). The van der Waals surface area contributed by atoms with Crippen LogP contribution >= 0.6 is 11.3 Å². The van der Waals surface area contributed by atoms with E-state index in [0.29, 0.717) is 10.6 Å². The van der Waals surface area contributed by atoms with Crippen molar-refractivity contribution in [2.24, 2.45) is 0 Å². The third kappa shape index (κ3) is 4.51. The molecule has 3 aromatic rings. The maximum Gasteiger partial charge on any atom is 0.416 e. The van der Waals surface area contributed by atoms with Gasteiger partial charge in [0.15, 0.2) is 0 Å². The van der Waals surface area contributed by atoms with Gasteiger partial charge in [-0.25, -0.2) is 4.98 Å². The lowest BCUT2D eigenvalue weighted by Gasteiger charge is -2.06. The van der Waals surface area contributed by atoms with Gasteiger partial charge in [0.25, 0.3) is 0 Å². The van der Waals surface area contributed by atoms with Crippen molar-refractivity contribution < 1.29 is 18.3 Å². The topological polar surface area (TPSA) is 33.1 Å². The summed E-state index contributed by atoms with van der Waals surface area (Å²) in [6.45, 7) is -0.112. The number of hydrogen-bond donors (Lipinski definition) is 1. The number of aromatic nitrogens is 1. The molecule has 26 heavy (non-hydrogen) atoms. The monoisotopic (exact) mass is 377 g/mol. The van der Waals surface area contributed by atoms with Crippen molar-refractivity contribution in [3.05, 3.63) is 76.3 Å². The number of aryl methyl sites for hydroxylation is 2. The molecule has 0 spiro atoms. The predicted molar refractivity (Wildman–Crippen MR) is 96.9 cm³/mol. The Balaban J connectivity index is 1.72. The second kappa shape index (κ2) is 8.01. The normalized spacial score (nSPS) is 11.7. The average molecular weight is 377 g/mol. The molecule has 0 aliphatic heterocycles. The summed E-state index contributed by atoms with van der Waals surface area (Å²) in [5, 5.41) is 10.2. The Kier molecular flexibility index (Phi) is 5.74. The zero-order valence-corrected chi connectivity index (χ0v) is 14.8. The van der Waals surface area contributed by atoms with Crippen LogP contribution in [-0.4, -0.2) is 10.1 Å². The molecule has 0 saturated carbocycles. The number of hydrogen-bond acceptors (Lipinski definition) is 3. The standard InChI is InChI=1S/C20H18F3NOS/c21-20(22,23)16-11-9-15(10-12-16)19-24-17(18(13-25)26-19)8-4-7-14-5-2-1-3-6-14/h1-3,5-6,9-12,25H,4,7-8,13H2. The number of aliphatic hydroxyl groups is 1. The Morgan fingerprint density at radius 2 is 1.62 bits per heavy atom. The second-order valence-corrected chi connectivity index (χ2v) is 7.04. The quantitative estimate of drug-likeness (QED) is 0.616. The molecule has 0 radical (unpaired) electrons. The van der Waals surface area contributed by atoms with Gasteiger partial charge in [0, 0.05) is 5.56 Å². The van der Waals surface area contributed by atoms with E-state index in [1.807, 2.05) is 18.2 Å². The number of thiazole rings is 1. The number of nitrogens with zero attached hydrogens (tertiary/aromatic N) is 1. The maximum absolute atomic E-state index is 12.7. The van der Waals surface area contributed by atoms with Crippen LogP contribution in [-0.2, 0) is 25.6 Å². The van der Waals surface area contributed by atoms with Crippen LogP contribution in [0.25, 0.3) is 10.6 Å². The van der Waals surface area contributed by atoms with Crippen LogP contribution < -0.4 is 0 Å². The number of benzene rings is 2. The van der Waals surface area contributed by atoms with E-state index in [0.717, 1.165) is 42.0 Å². The molecule has 0 fully saturated rings. The summed E-state index contributed by atoms with van der Waals surface area (Å²) in [5.74, 6) is 0. The van der Waals surface area contributed by atoms with Gasteiger partial charge in [0.2, 0.25) is 0 Å². The predicted octanol–water partition coefficient (Wildman–Crippen LogP) is 5.50. The first-order valence-corrected chi connectivity index (χ1v) is 9.10. The van der Waals surface area contributed by atoms with E-state index in [9.17, 15) is 18.3 Å². The molecule has 0 atom stereocenters. The summed E-state index contributed by atoms with van der Waals surface area (Å²) >= 11 is 1.33. The summed E-state index contributed by atoms with van der Waals surface area (Å²) < 4.78 is 38.0. The van der Waals surface area contributed by atoms with Crippen LogP contribution in [0, 0.1) is 0 Å². The van der Waals surface area contributed by atoms with Gasteiger partial charge in [-0.05, 0) is 37.0 Å². The molecular weight excluding hydrogens is 359 g/mol. The molecule has 2 aromatic carbocycles. The van der Waals surface area contributed by atoms with E-state index in [2.05, 4.69) is 17.1 Å². The van der Waals surface area contributed by atoms with Crippen LogP contribution in [0.4, 0.5) is 13.2 Å². The first-order chi connectivity index (χ1) is 12.5. The lowest BCUT2D eigenvalue weighted by Crippen LogP contribution is -2.03. The van der Waals surface area contributed by atoms with Crippen molar-refractivity contribution in [3.63, 3.8) is 0 Å². The SMILES string of the molecule is OCc1sc(-c2ccc(C(F)(F)F)cc2)nc1CCCc1ccccc1. The molecule has 6 heteroatoms. The smallest absolute Gasteiger partial charge is 0.391 e. The van der Waals surface area contributed by atoms with Crippen LogP contribution in [0.2, 0.25) is 0 Å². The highest BCUT2D eigenvalue weighted by atomic mass is 32.1. The molecule has 0 amide bonds. The Labute approximate surface area is 154 Å². The fraction of sp³-hybridized carbons (Fsp3) is 0.250. The van der Waals surface area contributed by atoms with Crippen LogP contribution in [0.5, 0.6) is 0 Å². The minimum absolute atomic E-state index is 0.112. The largest absolute Gasteiger partial charge is 0.416 e. The molecule has 0 aliphatic carbocycles. The van der Waals surface area contributed by atoms with Crippen LogP contribution in [0.3, 0.4) is 0 Å². The molecular formula is C20H18F3NOS. The van der Waals surface area contributed by atoms with E-state index in [4.69, 9.17) is 0 Å². The minimum atomic E-state index is -4.35.